The van der Waals surface area contributed by atoms with Gasteiger partial charge in [-0.2, -0.15) is 0 Å². The SMILES string of the molecule is COC(=O)CCCCC(=O)NC(C)[C@H](C)C(=O)N[C@@H](C)C(=O)Nc1ccc(CO)cc1. The van der Waals surface area contributed by atoms with E-state index in [1.807, 2.05) is 0 Å². The molecule has 0 fully saturated rings. The fraction of sp³-hybridized carbons (Fsp3) is 0.545. The molecule has 0 saturated carbocycles. The first-order valence-corrected chi connectivity index (χ1v) is 10.3. The number of anilines is 1. The van der Waals surface area contributed by atoms with Crippen LogP contribution < -0.4 is 16.0 Å². The molecule has 0 heterocycles. The number of hydrogen-bond donors (Lipinski definition) is 4. The van der Waals surface area contributed by atoms with Crippen molar-refractivity contribution in [3.05, 3.63) is 29.8 Å². The Morgan fingerprint density at radius 3 is 2.13 bits per heavy atom. The number of hydrogen-bond acceptors (Lipinski definition) is 6. The average Bonchev–Trinajstić information content (AvgIpc) is 2.76. The van der Waals surface area contributed by atoms with Gasteiger partial charge in [-0.25, -0.2) is 0 Å². The number of amides is 3. The Morgan fingerprint density at radius 1 is 0.935 bits per heavy atom. The predicted octanol–water partition coefficient (Wildman–Crippen LogP) is 1.50. The van der Waals surface area contributed by atoms with Gasteiger partial charge in [0.25, 0.3) is 0 Å². The Labute approximate surface area is 182 Å². The highest BCUT2D eigenvalue weighted by Gasteiger charge is 2.25. The van der Waals surface area contributed by atoms with Crippen LogP contribution in [-0.2, 0) is 30.5 Å². The molecule has 0 spiro atoms. The lowest BCUT2D eigenvalue weighted by Crippen LogP contribution is -2.48. The minimum Gasteiger partial charge on any atom is -0.469 e. The van der Waals surface area contributed by atoms with Crippen molar-refractivity contribution in [2.45, 2.75) is 65.1 Å². The smallest absolute Gasteiger partial charge is 0.305 e. The number of carbonyl (C=O) groups excluding carboxylic acids is 4. The molecule has 0 saturated heterocycles. The summed E-state index contributed by atoms with van der Waals surface area (Å²) < 4.78 is 4.55. The maximum Gasteiger partial charge on any atom is 0.305 e. The Hall–Kier alpha value is -2.94. The van der Waals surface area contributed by atoms with Gasteiger partial charge in [0.1, 0.15) is 6.04 Å². The van der Waals surface area contributed by atoms with Crippen LogP contribution in [0.5, 0.6) is 0 Å². The Morgan fingerprint density at radius 2 is 1.55 bits per heavy atom. The summed E-state index contributed by atoms with van der Waals surface area (Å²) in [5.74, 6) is -1.77. The molecule has 0 bridgehead atoms. The van der Waals surface area contributed by atoms with E-state index < -0.39 is 18.0 Å². The molecule has 9 heteroatoms. The van der Waals surface area contributed by atoms with E-state index in [1.165, 1.54) is 7.11 Å². The van der Waals surface area contributed by atoms with Gasteiger partial charge in [-0.3, -0.25) is 19.2 Å². The van der Waals surface area contributed by atoms with Crippen molar-refractivity contribution in [3.8, 4) is 0 Å². The number of rotatable bonds is 12. The first kappa shape index (κ1) is 26.1. The van der Waals surface area contributed by atoms with Crippen molar-refractivity contribution < 1.29 is 29.0 Å². The molecular weight excluding hydrogens is 402 g/mol. The van der Waals surface area contributed by atoms with E-state index in [0.717, 1.165) is 5.56 Å². The molecule has 0 aliphatic rings. The van der Waals surface area contributed by atoms with Crippen LogP contribution in [0.3, 0.4) is 0 Å². The third-order valence-electron chi connectivity index (χ3n) is 4.97. The van der Waals surface area contributed by atoms with Gasteiger partial charge in [0.15, 0.2) is 0 Å². The number of carbonyl (C=O) groups is 4. The van der Waals surface area contributed by atoms with Crippen LogP contribution in [0.4, 0.5) is 5.69 Å². The molecule has 0 radical (unpaired) electrons. The summed E-state index contributed by atoms with van der Waals surface area (Å²) in [5.41, 5.74) is 1.29. The monoisotopic (exact) mass is 435 g/mol. The van der Waals surface area contributed by atoms with E-state index in [4.69, 9.17) is 5.11 Å². The number of esters is 1. The van der Waals surface area contributed by atoms with Crippen LogP contribution >= 0.6 is 0 Å². The minimum absolute atomic E-state index is 0.0826. The van der Waals surface area contributed by atoms with Crippen LogP contribution in [0.1, 0.15) is 52.0 Å². The second kappa shape index (κ2) is 13.4. The second-order valence-electron chi connectivity index (χ2n) is 7.50. The van der Waals surface area contributed by atoms with E-state index in [9.17, 15) is 19.2 Å². The van der Waals surface area contributed by atoms with Gasteiger partial charge in [0.05, 0.1) is 19.6 Å². The molecule has 0 aliphatic heterocycles. The summed E-state index contributed by atoms with van der Waals surface area (Å²) in [6, 6.07) is 5.54. The highest BCUT2D eigenvalue weighted by atomic mass is 16.5. The fourth-order valence-electron chi connectivity index (χ4n) is 2.69. The van der Waals surface area contributed by atoms with Gasteiger partial charge in [-0.1, -0.05) is 19.1 Å². The Kier molecular flexibility index (Phi) is 11.3. The molecule has 0 aromatic heterocycles. The first-order valence-electron chi connectivity index (χ1n) is 10.3. The summed E-state index contributed by atoms with van der Waals surface area (Å²) in [7, 11) is 1.32. The van der Waals surface area contributed by atoms with Crippen molar-refractivity contribution in [1.29, 1.82) is 0 Å². The second-order valence-corrected chi connectivity index (χ2v) is 7.50. The van der Waals surface area contributed by atoms with E-state index >= 15 is 0 Å². The number of unbranched alkanes of at least 4 members (excludes halogenated alkanes) is 1. The minimum atomic E-state index is -0.770. The van der Waals surface area contributed by atoms with E-state index in [2.05, 4.69) is 20.7 Å². The normalized spacial score (nSPS) is 13.5. The molecule has 31 heavy (non-hydrogen) atoms. The van der Waals surface area contributed by atoms with Crippen molar-refractivity contribution in [1.82, 2.24) is 10.6 Å². The summed E-state index contributed by atoms with van der Waals surface area (Å²) in [6.07, 6.45) is 1.62. The molecule has 3 amide bonds. The number of benzene rings is 1. The molecular formula is C22H33N3O6. The van der Waals surface area contributed by atoms with Gasteiger partial charge in [0.2, 0.25) is 17.7 Å². The highest BCUT2D eigenvalue weighted by molar-refractivity contribution is 5.97. The summed E-state index contributed by atoms with van der Waals surface area (Å²) in [6.45, 7) is 4.90. The lowest BCUT2D eigenvalue weighted by atomic mass is 10.0. The first-order chi connectivity index (χ1) is 14.7. The van der Waals surface area contributed by atoms with Gasteiger partial charge in [-0.05, 0) is 44.4 Å². The molecule has 1 aromatic rings. The maximum atomic E-state index is 12.5. The quantitative estimate of drug-likeness (QED) is 0.290. The van der Waals surface area contributed by atoms with Crippen molar-refractivity contribution in [2.24, 2.45) is 5.92 Å². The standard InChI is InChI=1S/C22H33N3O6/c1-14(15(2)23-19(27)7-5-6-8-20(28)31-4)21(29)24-16(3)22(30)25-18-11-9-17(13-26)10-12-18/h9-12,14-16,26H,5-8,13H2,1-4H3,(H,23,27)(H,24,29)(H,25,30)/t14-,15?,16-/m0/s1. The van der Waals surface area contributed by atoms with Crippen molar-refractivity contribution in [3.63, 3.8) is 0 Å². The molecule has 1 unspecified atom stereocenters. The zero-order chi connectivity index (χ0) is 23.4. The van der Waals surface area contributed by atoms with Gasteiger partial charge in [-0.15, -0.1) is 0 Å². The van der Waals surface area contributed by atoms with Crippen molar-refractivity contribution in [2.75, 3.05) is 12.4 Å². The predicted molar refractivity (Wildman–Crippen MR) is 116 cm³/mol. The maximum absolute atomic E-state index is 12.5. The molecule has 1 rings (SSSR count). The van der Waals surface area contributed by atoms with Crippen LogP contribution in [0.15, 0.2) is 24.3 Å². The van der Waals surface area contributed by atoms with Gasteiger partial charge < -0.3 is 25.8 Å². The van der Waals surface area contributed by atoms with E-state index in [1.54, 1.807) is 45.0 Å². The molecule has 3 atom stereocenters. The third kappa shape index (κ3) is 9.61. The zero-order valence-corrected chi connectivity index (χ0v) is 18.6. The molecule has 9 nitrogen and oxygen atoms in total. The van der Waals surface area contributed by atoms with Gasteiger partial charge in [0, 0.05) is 24.6 Å². The van der Waals surface area contributed by atoms with E-state index in [-0.39, 0.29) is 43.1 Å². The molecule has 0 aliphatic carbocycles. The third-order valence-corrected chi connectivity index (χ3v) is 4.97. The van der Waals surface area contributed by atoms with Crippen LogP contribution in [0.25, 0.3) is 0 Å². The number of aliphatic hydroxyl groups excluding tert-OH is 1. The zero-order valence-electron chi connectivity index (χ0n) is 18.6. The Balaban J connectivity index is 2.41. The molecule has 4 N–H and O–H groups in total. The lowest BCUT2D eigenvalue weighted by molar-refractivity contribution is -0.141. The van der Waals surface area contributed by atoms with E-state index in [0.29, 0.717) is 18.5 Å². The summed E-state index contributed by atoms with van der Waals surface area (Å²) in [5, 5.41) is 17.2. The highest BCUT2D eigenvalue weighted by Crippen LogP contribution is 2.10. The van der Waals surface area contributed by atoms with Crippen LogP contribution in [0, 0.1) is 5.92 Å². The average molecular weight is 436 g/mol. The lowest BCUT2D eigenvalue weighted by Gasteiger charge is -2.23. The van der Waals surface area contributed by atoms with Crippen molar-refractivity contribution >= 4 is 29.4 Å². The summed E-state index contributed by atoms with van der Waals surface area (Å²) in [4.78, 5) is 47.9. The number of methoxy groups -OCH3 is 1. The molecule has 1 aromatic carbocycles. The molecule has 172 valence electrons. The number of nitrogens with one attached hydrogen (secondary N) is 3. The fourth-order valence-corrected chi connectivity index (χ4v) is 2.69. The number of ether oxygens (including phenoxy) is 1. The largest absolute Gasteiger partial charge is 0.469 e. The number of aliphatic hydroxyl groups is 1. The van der Waals surface area contributed by atoms with Gasteiger partial charge >= 0.3 is 5.97 Å². The topological polar surface area (TPSA) is 134 Å². The van der Waals surface area contributed by atoms with Crippen LogP contribution in [0.2, 0.25) is 0 Å². The summed E-state index contributed by atoms with van der Waals surface area (Å²) >= 11 is 0. The Bertz CT molecular complexity index is 750. The van der Waals surface area contributed by atoms with Crippen LogP contribution in [-0.4, -0.2) is 48.0 Å².